The molecule has 0 bridgehead atoms. The van der Waals surface area contributed by atoms with Crippen molar-refractivity contribution in [1.82, 2.24) is 0 Å². The second-order valence-electron chi connectivity index (χ2n) is 4.08. The van der Waals surface area contributed by atoms with Crippen LogP contribution >= 0.6 is 0 Å². The molecule has 0 heteroatoms. The van der Waals surface area contributed by atoms with Crippen molar-refractivity contribution in [3.63, 3.8) is 0 Å². The minimum Gasteiger partial charge on any atom is -0.0999 e. The maximum Gasteiger partial charge on any atom is -0.0273 e. The highest BCUT2D eigenvalue weighted by Crippen LogP contribution is 2.15. The van der Waals surface area contributed by atoms with Crippen molar-refractivity contribution >= 4 is 0 Å². The molecular weight excluding hydrogens is 180 g/mol. The normalized spacial score (nSPS) is 10.3. The van der Waals surface area contributed by atoms with Crippen molar-refractivity contribution in [2.45, 2.75) is 46.0 Å². The Bertz CT molecular complexity index is 310. The fourth-order valence-electron chi connectivity index (χ4n) is 1.85. The topological polar surface area (TPSA) is 0 Å². The molecule has 0 saturated heterocycles. The minimum atomic E-state index is 1.12. The third kappa shape index (κ3) is 3.91. The van der Waals surface area contributed by atoms with Gasteiger partial charge < -0.3 is 0 Å². The number of rotatable bonds is 6. The zero-order chi connectivity index (χ0) is 11.1. The Hall–Kier alpha value is -1.04. The smallest absolute Gasteiger partial charge is 0.0273 e. The van der Waals surface area contributed by atoms with Gasteiger partial charge in [0.15, 0.2) is 0 Å². The van der Waals surface area contributed by atoms with Crippen LogP contribution in [0.4, 0.5) is 0 Å². The third-order valence-corrected chi connectivity index (χ3v) is 2.98. The summed E-state index contributed by atoms with van der Waals surface area (Å²) in [5.41, 5.74) is 4.40. The summed E-state index contributed by atoms with van der Waals surface area (Å²) in [7, 11) is 0. The van der Waals surface area contributed by atoms with Crippen molar-refractivity contribution in [2.24, 2.45) is 0 Å². The molecule has 1 aromatic rings. The first-order chi connectivity index (χ1) is 7.27. The standard InChI is InChI=1S/C15H22/c1-4-13(3)9-8-12-15-11-7-6-10-14(15)5-2/h6-7,10-11H,3-5,8-9,12H2,1-2H3. The van der Waals surface area contributed by atoms with Crippen molar-refractivity contribution < 1.29 is 0 Å². The van der Waals surface area contributed by atoms with Crippen LogP contribution in [0.1, 0.15) is 44.2 Å². The van der Waals surface area contributed by atoms with Gasteiger partial charge in [0.25, 0.3) is 0 Å². The lowest BCUT2D eigenvalue weighted by molar-refractivity contribution is 0.783. The monoisotopic (exact) mass is 202 g/mol. The molecule has 0 amide bonds. The van der Waals surface area contributed by atoms with Crippen LogP contribution < -0.4 is 0 Å². The summed E-state index contributed by atoms with van der Waals surface area (Å²) in [5.74, 6) is 0. The summed E-state index contributed by atoms with van der Waals surface area (Å²) >= 11 is 0. The molecule has 0 heterocycles. The van der Waals surface area contributed by atoms with Crippen molar-refractivity contribution in [2.75, 3.05) is 0 Å². The van der Waals surface area contributed by atoms with Gasteiger partial charge in [0.2, 0.25) is 0 Å². The molecule has 0 aliphatic carbocycles. The van der Waals surface area contributed by atoms with Crippen LogP contribution in [0.15, 0.2) is 36.4 Å². The molecule has 0 radical (unpaired) electrons. The molecule has 0 N–H and O–H groups in total. The predicted molar refractivity (Wildman–Crippen MR) is 68.2 cm³/mol. The molecule has 0 fully saturated rings. The fraction of sp³-hybridized carbons (Fsp3) is 0.467. The first-order valence-electron chi connectivity index (χ1n) is 6.01. The summed E-state index contributed by atoms with van der Waals surface area (Å²) in [6.45, 7) is 8.46. The second kappa shape index (κ2) is 6.44. The van der Waals surface area contributed by atoms with Crippen LogP contribution in [-0.4, -0.2) is 0 Å². The number of allylic oxidation sites excluding steroid dienone is 1. The van der Waals surface area contributed by atoms with Crippen LogP contribution in [0.5, 0.6) is 0 Å². The quantitative estimate of drug-likeness (QED) is 0.594. The largest absolute Gasteiger partial charge is 0.0999 e. The van der Waals surface area contributed by atoms with Crippen molar-refractivity contribution in [3.8, 4) is 0 Å². The zero-order valence-electron chi connectivity index (χ0n) is 10.1. The number of hydrogen-bond acceptors (Lipinski definition) is 0. The van der Waals surface area contributed by atoms with Gasteiger partial charge >= 0.3 is 0 Å². The van der Waals surface area contributed by atoms with Gasteiger partial charge in [-0.3, -0.25) is 0 Å². The van der Waals surface area contributed by atoms with Crippen LogP contribution in [0.3, 0.4) is 0 Å². The third-order valence-electron chi connectivity index (χ3n) is 2.98. The summed E-state index contributed by atoms with van der Waals surface area (Å²) in [5, 5.41) is 0. The molecular formula is C15H22. The van der Waals surface area contributed by atoms with Crippen LogP contribution in [0.25, 0.3) is 0 Å². The van der Waals surface area contributed by atoms with Crippen LogP contribution in [-0.2, 0) is 12.8 Å². The maximum atomic E-state index is 4.05. The van der Waals surface area contributed by atoms with E-state index in [9.17, 15) is 0 Å². The number of benzene rings is 1. The maximum absolute atomic E-state index is 4.05. The minimum absolute atomic E-state index is 1.12. The predicted octanol–water partition coefficient (Wildman–Crippen LogP) is 4.54. The zero-order valence-corrected chi connectivity index (χ0v) is 10.1. The molecule has 15 heavy (non-hydrogen) atoms. The van der Waals surface area contributed by atoms with E-state index in [1.54, 1.807) is 0 Å². The van der Waals surface area contributed by atoms with E-state index in [4.69, 9.17) is 0 Å². The van der Waals surface area contributed by atoms with Gasteiger partial charge in [0, 0.05) is 0 Å². The van der Waals surface area contributed by atoms with E-state index in [0.717, 1.165) is 12.8 Å². The lowest BCUT2D eigenvalue weighted by Crippen LogP contribution is -1.93. The second-order valence-corrected chi connectivity index (χ2v) is 4.08. The Morgan fingerprint density at radius 1 is 1.13 bits per heavy atom. The van der Waals surface area contributed by atoms with Crippen LogP contribution in [0.2, 0.25) is 0 Å². The van der Waals surface area contributed by atoms with E-state index in [2.05, 4.69) is 44.7 Å². The highest BCUT2D eigenvalue weighted by atomic mass is 14.0. The summed E-state index contributed by atoms with van der Waals surface area (Å²) in [6, 6.07) is 8.77. The molecule has 0 spiro atoms. The lowest BCUT2D eigenvalue weighted by atomic mass is 9.98. The van der Waals surface area contributed by atoms with Crippen LogP contribution in [0, 0.1) is 0 Å². The number of hydrogen-bond donors (Lipinski definition) is 0. The molecule has 1 rings (SSSR count). The average Bonchev–Trinajstić information content (AvgIpc) is 2.29. The molecule has 0 aromatic heterocycles. The first kappa shape index (κ1) is 12.0. The Morgan fingerprint density at radius 3 is 2.40 bits per heavy atom. The van der Waals surface area contributed by atoms with Gasteiger partial charge in [0.05, 0.1) is 0 Å². The molecule has 0 nitrogen and oxygen atoms in total. The highest BCUT2D eigenvalue weighted by Gasteiger charge is 1.99. The molecule has 0 aliphatic heterocycles. The van der Waals surface area contributed by atoms with Gasteiger partial charge in [-0.25, -0.2) is 0 Å². The first-order valence-corrected chi connectivity index (χ1v) is 6.01. The van der Waals surface area contributed by atoms with Crippen molar-refractivity contribution in [1.29, 1.82) is 0 Å². The Morgan fingerprint density at radius 2 is 1.80 bits per heavy atom. The Balaban J connectivity index is 2.46. The molecule has 82 valence electrons. The molecule has 0 aliphatic rings. The SMILES string of the molecule is C=C(CC)CCCc1ccccc1CC. The van der Waals surface area contributed by atoms with E-state index in [-0.39, 0.29) is 0 Å². The van der Waals surface area contributed by atoms with E-state index in [1.165, 1.54) is 36.0 Å². The number of aryl methyl sites for hydroxylation is 2. The van der Waals surface area contributed by atoms with Gasteiger partial charge in [0.1, 0.15) is 0 Å². The highest BCUT2D eigenvalue weighted by molar-refractivity contribution is 5.27. The van der Waals surface area contributed by atoms with Gasteiger partial charge in [-0.1, -0.05) is 50.3 Å². The van der Waals surface area contributed by atoms with Gasteiger partial charge in [-0.15, -0.1) is 0 Å². The van der Waals surface area contributed by atoms with E-state index in [1.807, 2.05) is 0 Å². The van der Waals surface area contributed by atoms with E-state index < -0.39 is 0 Å². The fourth-order valence-corrected chi connectivity index (χ4v) is 1.85. The molecule has 0 unspecified atom stereocenters. The Kier molecular flexibility index (Phi) is 5.17. The molecule has 0 saturated carbocycles. The van der Waals surface area contributed by atoms with Crippen molar-refractivity contribution in [3.05, 3.63) is 47.5 Å². The summed E-state index contributed by atoms with van der Waals surface area (Å²) < 4.78 is 0. The van der Waals surface area contributed by atoms with Gasteiger partial charge in [-0.2, -0.15) is 0 Å². The average molecular weight is 202 g/mol. The van der Waals surface area contributed by atoms with E-state index in [0.29, 0.717) is 0 Å². The lowest BCUT2D eigenvalue weighted by Gasteiger charge is -2.07. The Labute approximate surface area is 94.0 Å². The molecule has 1 aromatic carbocycles. The summed E-state index contributed by atoms with van der Waals surface area (Å²) in [6.07, 6.45) is 5.88. The molecule has 0 atom stereocenters. The van der Waals surface area contributed by atoms with E-state index >= 15 is 0 Å². The van der Waals surface area contributed by atoms with Gasteiger partial charge in [-0.05, 0) is 43.2 Å². The summed E-state index contributed by atoms with van der Waals surface area (Å²) in [4.78, 5) is 0.